The Morgan fingerprint density at radius 3 is 2.62 bits per heavy atom. The van der Waals surface area contributed by atoms with Crippen LogP contribution in [0.2, 0.25) is 0 Å². The number of carbonyl (C=O) groups is 3. The molecule has 16 heavy (non-hydrogen) atoms. The average molecular weight is 248 g/mol. The lowest BCUT2D eigenvalue weighted by Gasteiger charge is -2.15. The maximum Gasteiger partial charge on any atom is 0.327 e. The number of nitrogens with one attached hydrogen (secondary N) is 1. The molecule has 0 aromatic carbocycles. The second-order valence-corrected chi connectivity index (χ2v) is 4.13. The molecule has 0 aliphatic heterocycles. The molecule has 0 spiro atoms. The molecule has 6 nitrogen and oxygen atoms in total. The smallest absolute Gasteiger partial charge is 0.327 e. The van der Waals surface area contributed by atoms with Crippen molar-refractivity contribution in [2.75, 3.05) is 25.1 Å². The topological polar surface area (TPSA) is 86.7 Å². The molecule has 2 N–H and O–H groups in total. The van der Waals surface area contributed by atoms with E-state index < -0.39 is 12.0 Å². The van der Waals surface area contributed by atoms with E-state index in [9.17, 15) is 14.4 Å². The molecule has 0 radical (unpaired) electrons. The lowest BCUT2D eigenvalue weighted by atomic mass is 10.3. The van der Waals surface area contributed by atoms with Crippen LogP contribution in [0.15, 0.2) is 0 Å². The maximum atomic E-state index is 11.4. The van der Waals surface area contributed by atoms with Gasteiger partial charge in [0, 0.05) is 19.3 Å². The normalized spacial score (nSPS) is 11.6. The number of aliphatic carboxylic acids is 1. The van der Waals surface area contributed by atoms with Gasteiger partial charge in [-0.05, 0) is 6.92 Å². The molecule has 0 heterocycles. The highest BCUT2D eigenvalue weighted by Crippen LogP contribution is 2.04. The Balaban J connectivity index is 3.90. The first-order valence-electron chi connectivity index (χ1n) is 4.77. The summed E-state index contributed by atoms with van der Waals surface area (Å²) in [7, 11) is 1.68. The van der Waals surface area contributed by atoms with Gasteiger partial charge in [-0.2, -0.15) is 0 Å². The van der Waals surface area contributed by atoms with E-state index in [0.29, 0.717) is 13.0 Å². The summed E-state index contributed by atoms with van der Waals surface area (Å²) in [5.74, 6) is -0.759. The highest BCUT2D eigenvalue weighted by molar-refractivity contribution is 8.00. The summed E-state index contributed by atoms with van der Waals surface area (Å²) in [6, 6.07) is -0.942. The lowest BCUT2D eigenvalue weighted by molar-refractivity contribution is -0.139. The number of carbonyl (C=O) groups excluding carboxylic acids is 2. The summed E-state index contributed by atoms with van der Waals surface area (Å²) in [6.45, 7) is 2.48. The van der Waals surface area contributed by atoms with E-state index in [1.54, 1.807) is 11.9 Å². The third-order valence-electron chi connectivity index (χ3n) is 1.98. The SMILES string of the molecule is CCN(C)C(=O)CSCC(NC=O)C(=O)O. The molecule has 92 valence electrons. The number of nitrogens with zero attached hydrogens (tertiary/aromatic N) is 1. The maximum absolute atomic E-state index is 11.4. The van der Waals surface area contributed by atoms with E-state index >= 15 is 0 Å². The van der Waals surface area contributed by atoms with Crippen LogP contribution < -0.4 is 5.32 Å². The summed E-state index contributed by atoms with van der Waals surface area (Å²) in [5.41, 5.74) is 0. The van der Waals surface area contributed by atoms with Crippen LogP contribution in [0.5, 0.6) is 0 Å². The molecule has 0 aliphatic carbocycles. The van der Waals surface area contributed by atoms with Gasteiger partial charge in [0.25, 0.3) is 0 Å². The van der Waals surface area contributed by atoms with E-state index in [0.717, 1.165) is 0 Å². The van der Waals surface area contributed by atoms with Crippen molar-refractivity contribution in [2.45, 2.75) is 13.0 Å². The minimum atomic E-state index is -1.10. The van der Waals surface area contributed by atoms with Crippen molar-refractivity contribution in [1.29, 1.82) is 0 Å². The summed E-state index contributed by atoms with van der Waals surface area (Å²) in [6.07, 6.45) is 0.347. The van der Waals surface area contributed by atoms with Crippen molar-refractivity contribution < 1.29 is 19.5 Å². The molecular weight excluding hydrogens is 232 g/mol. The fourth-order valence-electron chi connectivity index (χ4n) is 0.823. The van der Waals surface area contributed by atoms with Crippen molar-refractivity contribution in [3.8, 4) is 0 Å². The van der Waals surface area contributed by atoms with Crippen molar-refractivity contribution in [2.24, 2.45) is 0 Å². The van der Waals surface area contributed by atoms with Gasteiger partial charge in [0.15, 0.2) is 0 Å². The van der Waals surface area contributed by atoms with Crippen LogP contribution in [0, 0.1) is 0 Å². The van der Waals surface area contributed by atoms with E-state index in [-0.39, 0.29) is 17.4 Å². The Labute approximate surface area is 98.4 Å². The Morgan fingerprint density at radius 2 is 2.19 bits per heavy atom. The van der Waals surface area contributed by atoms with Gasteiger partial charge >= 0.3 is 5.97 Å². The van der Waals surface area contributed by atoms with Crippen LogP contribution in [0.1, 0.15) is 6.92 Å². The van der Waals surface area contributed by atoms with E-state index in [2.05, 4.69) is 5.32 Å². The number of carboxylic acids is 1. The zero-order valence-corrected chi connectivity index (χ0v) is 10.1. The van der Waals surface area contributed by atoms with Crippen LogP contribution >= 0.6 is 11.8 Å². The van der Waals surface area contributed by atoms with Crippen LogP contribution in [0.3, 0.4) is 0 Å². The van der Waals surface area contributed by atoms with Crippen LogP contribution in [0.4, 0.5) is 0 Å². The molecule has 0 aromatic rings. The average Bonchev–Trinajstić information content (AvgIpc) is 2.26. The third kappa shape index (κ3) is 5.59. The summed E-state index contributed by atoms with van der Waals surface area (Å²) in [4.78, 5) is 33.6. The van der Waals surface area contributed by atoms with E-state index in [1.165, 1.54) is 11.8 Å². The van der Waals surface area contributed by atoms with Gasteiger partial charge in [0.1, 0.15) is 6.04 Å². The predicted octanol–water partition coefficient (Wildman–Crippen LogP) is -0.603. The first kappa shape index (κ1) is 14.8. The monoisotopic (exact) mass is 248 g/mol. The molecule has 0 fully saturated rings. The molecule has 0 aliphatic rings. The molecule has 1 unspecified atom stereocenters. The Hall–Kier alpha value is -1.24. The van der Waals surface area contributed by atoms with Gasteiger partial charge in [-0.25, -0.2) is 4.79 Å². The fourth-order valence-corrected chi connectivity index (χ4v) is 1.81. The van der Waals surface area contributed by atoms with Gasteiger partial charge in [0.2, 0.25) is 12.3 Å². The number of amides is 2. The summed E-state index contributed by atoms with van der Waals surface area (Å²) in [5, 5.41) is 10.9. The second-order valence-electron chi connectivity index (χ2n) is 3.10. The third-order valence-corrected chi connectivity index (χ3v) is 3.00. The zero-order chi connectivity index (χ0) is 12.6. The minimum absolute atomic E-state index is 0.0530. The van der Waals surface area contributed by atoms with E-state index in [1.807, 2.05) is 6.92 Å². The molecule has 0 saturated heterocycles. The quantitative estimate of drug-likeness (QED) is 0.560. The highest BCUT2D eigenvalue weighted by atomic mass is 32.2. The molecular formula is C9H16N2O4S. The lowest BCUT2D eigenvalue weighted by Crippen LogP contribution is -2.38. The standard InChI is InChI=1S/C9H16N2O4S/c1-3-11(2)8(13)5-16-4-7(9(14)15)10-6-12/h6-7H,3-5H2,1-2H3,(H,10,12)(H,14,15). The molecule has 0 rings (SSSR count). The Kier molecular flexibility index (Phi) is 7.36. The van der Waals surface area contributed by atoms with Gasteiger partial charge < -0.3 is 15.3 Å². The first-order valence-corrected chi connectivity index (χ1v) is 5.92. The van der Waals surface area contributed by atoms with Gasteiger partial charge in [-0.1, -0.05) is 0 Å². The van der Waals surface area contributed by atoms with Crippen molar-refractivity contribution >= 4 is 30.0 Å². The number of thioether (sulfide) groups is 1. The molecule has 2 amide bonds. The van der Waals surface area contributed by atoms with Crippen LogP contribution in [-0.2, 0) is 14.4 Å². The second kappa shape index (κ2) is 7.98. The Morgan fingerprint density at radius 1 is 1.56 bits per heavy atom. The Bertz CT molecular complexity index is 260. The predicted molar refractivity (Wildman–Crippen MR) is 61.3 cm³/mol. The summed E-state index contributed by atoms with van der Waals surface area (Å²) < 4.78 is 0. The van der Waals surface area contributed by atoms with E-state index in [4.69, 9.17) is 5.11 Å². The number of hydrogen-bond donors (Lipinski definition) is 2. The molecule has 0 aromatic heterocycles. The molecule has 7 heteroatoms. The number of hydrogen-bond acceptors (Lipinski definition) is 4. The van der Waals surface area contributed by atoms with Crippen molar-refractivity contribution in [1.82, 2.24) is 10.2 Å². The van der Waals surface area contributed by atoms with Gasteiger partial charge in [-0.3, -0.25) is 9.59 Å². The zero-order valence-electron chi connectivity index (χ0n) is 9.30. The molecule has 1 atom stereocenters. The minimum Gasteiger partial charge on any atom is -0.480 e. The fraction of sp³-hybridized carbons (Fsp3) is 0.667. The first-order chi connectivity index (χ1) is 7.52. The molecule has 0 bridgehead atoms. The van der Waals surface area contributed by atoms with Crippen LogP contribution in [0.25, 0.3) is 0 Å². The molecule has 0 saturated carbocycles. The highest BCUT2D eigenvalue weighted by Gasteiger charge is 2.17. The van der Waals surface area contributed by atoms with Crippen molar-refractivity contribution in [3.63, 3.8) is 0 Å². The number of rotatable bonds is 8. The largest absolute Gasteiger partial charge is 0.480 e. The number of carboxylic acid groups (broad SMARTS) is 1. The van der Waals surface area contributed by atoms with Crippen LogP contribution in [-0.4, -0.2) is 59.4 Å². The summed E-state index contributed by atoms with van der Waals surface area (Å²) >= 11 is 1.19. The van der Waals surface area contributed by atoms with Gasteiger partial charge in [0.05, 0.1) is 5.75 Å². The van der Waals surface area contributed by atoms with Crippen molar-refractivity contribution in [3.05, 3.63) is 0 Å². The van der Waals surface area contributed by atoms with Gasteiger partial charge in [-0.15, -0.1) is 11.8 Å².